The summed E-state index contributed by atoms with van der Waals surface area (Å²) in [6.07, 6.45) is 8.59. The maximum atomic E-state index is 2.32. The van der Waals surface area contributed by atoms with E-state index >= 15 is 0 Å². The van der Waals surface area contributed by atoms with Crippen molar-refractivity contribution < 1.29 is 17.3 Å². The number of unbranched alkanes of at least 4 members (excludes halogenated alkanes) is 1. The van der Waals surface area contributed by atoms with Crippen LogP contribution in [0.3, 0.4) is 0 Å². The van der Waals surface area contributed by atoms with Crippen LogP contribution < -0.4 is 17.3 Å². The third-order valence-corrected chi connectivity index (χ3v) is 3.12. The molecule has 1 fully saturated rings. The Kier molecular flexibility index (Phi) is 7.78. The van der Waals surface area contributed by atoms with Gasteiger partial charge in [0.2, 0.25) is 0 Å². The molecule has 1 aliphatic rings. The summed E-state index contributed by atoms with van der Waals surface area (Å²) >= 11 is 0. The molecule has 0 aromatic heterocycles. The lowest BCUT2D eigenvalue weighted by molar-refractivity contribution is -0.912. The van der Waals surface area contributed by atoms with E-state index in [9.17, 15) is 0 Å². The zero-order valence-electron chi connectivity index (χ0n) is 9.11. The first-order chi connectivity index (χ1) is 5.88. The van der Waals surface area contributed by atoms with E-state index in [1.54, 1.807) is 0 Å². The molecule has 13 heavy (non-hydrogen) atoms. The highest BCUT2D eigenvalue weighted by Crippen LogP contribution is 2.06. The third kappa shape index (κ3) is 4.33. The lowest BCUT2D eigenvalue weighted by Crippen LogP contribution is -3.13. The second-order valence-electron chi connectivity index (χ2n) is 4.14. The molecule has 0 saturated carbocycles. The Bertz CT molecular complexity index is 117. The average Bonchev–Trinajstić information content (AvgIpc) is 2.50. The fraction of sp³-hybridized carbons (Fsp3) is 1.00. The molecular weight excluding hydrogens is 182 g/mol. The summed E-state index contributed by atoms with van der Waals surface area (Å²) in [6.45, 7) is 7.49. The molecular formula is C11H24ClN. The minimum atomic E-state index is 0. The van der Waals surface area contributed by atoms with Gasteiger partial charge in [0.25, 0.3) is 0 Å². The van der Waals surface area contributed by atoms with Crippen LogP contribution in [-0.2, 0) is 0 Å². The van der Waals surface area contributed by atoms with Crippen molar-refractivity contribution in [3.63, 3.8) is 0 Å². The molecule has 0 bridgehead atoms. The molecule has 2 atom stereocenters. The summed E-state index contributed by atoms with van der Waals surface area (Å²) in [7, 11) is 0. The Morgan fingerprint density at radius 1 is 1.23 bits per heavy atom. The van der Waals surface area contributed by atoms with Gasteiger partial charge in [0.05, 0.1) is 19.1 Å². The lowest BCUT2D eigenvalue weighted by atomic mass is 10.1. The SMILES string of the molecule is CCCC[NH+]1CCCC1CCC.[Cl-]. The van der Waals surface area contributed by atoms with E-state index in [1.165, 1.54) is 51.6 Å². The van der Waals surface area contributed by atoms with Crippen molar-refractivity contribution in [1.82, 2.24) is 0 Å². The number of hydrogen-bond acceptors (Lipinski definition) is 0. The second-order valence-corrected chi connectivity index (χ2v) is 4.14. The highest BCUT2D eigenvalue weighted by molar-refractivity contribution is 4.61. The molecule has 0 radical (unpaired) electrons. The Morgan fingerprint density at radius 3 is 2.62 bits per heavy atom. The van der Waals surface area contributed by atoms with Gasteiger partial charge >= 0.3 is 0 Å². The van der Waals surface area contributed by atoms with E-state index in [1.807, 2.05) is 4.90 Å². The first-order valence-electron chi connectivity index (χ1n) is 5.73. The molecule has 1 saturated heterocycles. The number of hydrogen-bond donors (Lipinski definition) is 1. The largest absolute Gasteiger partial charge is 1.00 e. The number of rotatable bonds is 5. The Balaban J connectivity index is 0.00000144. The van der Waals surface area contributed by atoms with E-state index in [0.717, 1.165) is 6.04 Å². The fourth-order valence-electron chi connectivity index (χ4n) is 2.41. The third-order valence-electron chi connectivity index (χ3n) is 3.12. The van der Waals surface area contributed by atoms with E-state index in [0.29, 0.717) is 0 Å². The molecule has 1 heterocycles. The molecule has 0 spiro atoms. The number of likely N-dealkylation sites (tertiary alicyclic amines) is 1. The molecule has 2 heteroatoms. The average molecular weight is 206 g/mol. The van der Waals surface area contributed by atoms with Crippen LogP contribution in [0.25, 0.3) is 0 Å². The molecule has 1 rings (SSSR count). The van der Waals surface area contributed by atoms with Crippen LogP contribution in [0.15, 0.2) is 0 Å². The van der Waals surface area contributed by atoms with Crippen molar-refractivity contribution in [2.45, 2.75) is 58.4 Å². The van der Waals surface area contributed by atoms with Gasteiger partial charge in [-0.15, -0.1) is 0 Å². The van der Waals surface area contributed by atoms with Gasteiger partial charge in [0, 0.05) is 12.8 Å². The van der Waals surface area contributed by atoms with E-state index < -0.39 is 0 Å². The van der Waals surface area contributed by atoms with Gasteiger partial charge in [-0.25, -0.2) is 0 Å². The van der Waals surface area contributed by atoms with Crippen LogP contribution in [0.5, 0.6) is 0 Å². The second kappa shape index (κ2) is 7.64. The van der Waals surface area contributed by atoms with Crippen molar-refractivity contribution in [3.05, 3.63) is 0 Å². The topological polar surface area (TPSA) is 4.44 Å². The van der Waals surface area contributed by atoms with Gasteiger partial charge in [-0.05, 0) is 12.8 Å². The number of nitrogens with one attached hydrogen (secondary N) is 1. The van der Waals surface area contributed by atoms with Crippen molar-refractivity contribution in [2.75, 3.05) is 13.1 Å². The van der Waals surface area contributed by atoms with E-state index in [4.69, 9.17) is 0 Å². The molecule has 1 aliphatic heterocycles. The first kappa shape index (κ1) is 13.2. The first-order valence-corrected chi connectivity index (χ1v) is 5.73. The Labute approximate surface area is 89.3 Å². The molecule has 80 valence electrons. The van der Waals surface area contributed by atoms with Crippen molar-refractivity contribution >= 4 is 0 Å². The van der Waals surface area contributed by atoms with Crippen LogP contribution >= 0.6 is 0 Å². The summed E-state index contributed by atoms with van der Waals surface area (Å²) in [5.41, 5.74) is 0. The zero-order valence-corrected chi connectivity index (χ0v) is 9.87. The number of quaternary nitrogens is 1. The Hall–Kier alpha value is 0.250. The monoisotopic (exact) mass is 205 g/mol. The van der Waals surface area contributed by atoms with E-state index in [-0.39, 0.29) is 12.4 Å². The van der Waals surface area contributed by atoms with Gasteiger partial charge in [0.15, 0.2) is 0 Å². The maximum absolute atomic E-state index is 2.32. The summed E-state index contributed by atoms with van der Waals surface area (Å²) in [5.74, 6) is 0. The van der Waals surface area contributed by atoms with Gasteiger partial charge in [-0.1, -0.05) is 26.7 Å². The van der Waals surface area contributed by atoms with Gasteiger partial charge in [0.1, 0.15) is 0 Å². The smallest absolute Gasteiger partial charge is 0.0876 e. The highest BCUT2D eigenvalue weighted by atomic mass is 35.5. The van der Waals surface area contributed by atoms with Gasteiger partial charge < -0.3 is 17.3 Å². The highest BCUT2D eigenvalue weighted by Gasteiger charge is 2.26. The minimum Gasteiger partial charge on any atom is -1.00 e. The molecule has 0 aliphatic carbocycles. The molecule has 1 N–H and O–H groups in total. The van der Waals surface area contributed by atoms with Gasteiger partial charge in [-0.3, -0.25) is 0 Å². The van der Waals surface area contributed by atoms with Crippen molar-refractivity contribution in [3.8, 4) is 0 Å². The van der Waals surface area contributed by atoms with Crippen LogP contribution in [0.4, 0.5) is 0 Å². The normalized spacial score (nSPS) is 27.2. The van der Waals surface area contributed by atoms with Crippen LogP contribution in [0.2, 0.25) is 0 Å². The molecule has 2 unspecified atom stereocenters. The quantitative estimate of drug-likeness (QED) is 0.566. The maximum Gasteiger partial charge on any atom is 0.0876 e. The lowest BCUT2D eigenvalue weighted by Gasteiger charge is -2.20. The number of halogens is 1. The standard InChI is InChI=1S/C11H23N.ClH/c1-3-5-9-12-10-6-8-11(12)7-4-2;/h11H,3-10H2,1-2H3;1H. The van der Waals surface area contributed by atoms with Crippen molar-refractivity contribution in [2.24, 2.45) is 0 Å². The molecule has 1 nitrogen and oxygen atoms in total. The van der Waals surface area contributed by atoms with E-state index in [2.05, 4.69) is 13.8 Å². The predicted octanol–water partition coefficient (Wildman–Crippen LogP) is -1.36. The minimum absolute atomic E-state index is 0. The summed E-state index contributed by atoms with van der Waals surface area (Å²) in [6, 6.07) is 1.02. The summed E-state index contributed by atoms with van der Waals surface area (Å²) in [5, 5.41) is 0. The predicted molar refractivity (Wildman–Crippen MR) is 53.5 cm³/mol. The molecule has 0 aromatic carbocycles. The fourth-order valence-corrected chi connectivity index (χ4v) is 2.41. The zero-order chi connectivity index (χ0) is 8.81. The Morgan fingerprint density at radius 2 is 2.00 bits per heavy atom. The van der Waals surface area contributed by atoms with Crippen LogP contribution in [-0.4, -0.2) is 19.1 Å². The van der Waals surface area contributed by atoms with Crippen molar-refractivity contribution in [1.29, 1.82) is 0 Å². The molecule has 0 aromatic rings. The summed E-state index contributed by atoms with van der Waals surface area (Å²) in [4.78, 5) is 1.90. The van der Waals surface area contributed by atoms with Crippen LogP contribution in [0, 0.1) is 0 Å². The molecule has 0 amide bonds. The van der Waals surface area contributed by atoms with Gasteiger partial charge in [-0.2, -0.15) is 0 Å². The summed E-state index contributed by atoms with van der Waals surface area (Å²) < 4.78 is 0. The van der Waals surface area contributed by atoms with Crippen LogP contribution in [0.1, 0.15) is 52.4 Å².